The van der Waals surface area contributed by atoms with Crippen LogP contribution in [0.4, 0.5) is 0 Å². The molecule has 2 unspecified atom stereocenters. The number of hydrogen-bond donors (Lipinski definition) is 2. The fourth-order valence-corrected chi connectivity index (χ4v) is 2.60. The highest BCUT2D eigenvalue weighted by molar-refractivity contribution is 5.83. The molecule has 0 bridgehead atoms. The Bertz CT molecular complexity index is 450. The Morgan fingerprint density at radius 1 is 1.45 bits per heavy atom. The van der Waals surface area contributed by atoms with E-state index in [1.54, 1.807) is 7.11 Å². The van der Waals surface area contributed by atoms with Gasteiger partial charge in [-0.25, -0.2) is 0 Å². The zero-order valence-corrected chi connectivity index (χ0v) is 12.5. The molecule has 2 N–H and O–H groups in total. The van der Waals surface area contributed by atoms with E-state index in [1.807, 2.05) is 31.2 Å². The average Bonchev–Trinajstić information content (AvgIpc) is 2.93. The summed E-state index contributed by atoms with van der Waals surface area (Å²) in [5, 5.41) is 6.45. The van der Waals surface area contributed by atoms with Gasteiger partial charge in [0.2, 0.25) is 5.91 Å². The number of rotatable bonds is 5. The summed E-state index contributed by atoms with van der Waals surface area (Å²) in [4.78, 5) is 12.5. The lowest BCUT2D eigenvalue weighted by Gasteiger charge is -2.26. The zero-order valence-electron chi connectivity index (χ0n) is 12.5. The monoisotopic (exact) mass is 276 g/mol. The number of hydrogen-bond acceptors (Lipinski definition) is 3. The summed E-state index contributed by atoms with van der Waals surface area (Å²) in [6, 6.07) is 7.96. The molecular formula is C16H24N2O2. The highest BCUT2D eigenvalue weighted by atomic mass is 16.5. The van der Waals surface area contributed by atoms with Crippen LogP contribution in [-0.4, -0.2) is 26.1 Å². The van der Waals surface area contributed by atoms with Crippen LogP contribution in [0.25, 0.3) is 0 Å². The summed E-state index contributed by atoms with van der Waals surface area (Å²) >= 11 is 0. The maximum absolute atomic E-state index is 12.5. The van der Waals surface area contributed by atoms with E-state index in [0.717, 1.165) is 37.2 Å². The SMILES string of the molecule is CCC(NC(=O)C1(C)CCNC1)c1ccc(OC)cc1. The smallest absolute Gasteiger partial charge is 0.227 e. The van der Waals surface area contributed by atoms with Crippen molar-refractivity contribution in [2.24, 2.45) is 5.41 Å². The lowest BCUT2D eigenvalue weighted by molar-refractivity contribution is -0.130. The molecule has 1 aliphatic rings. The molecule has 1 heterocycles. The first-order chi connectivity index (χ1) is 9.59. The maximum atomic E-state index is 12.5. The summed E-state index contributed by atoms with van der Waals surface area (Å²) in [5.74, 6) is 0.979. The Hall–Kier alpha value is -1.55. The summed E-state index contributed by atoms with van der Waals surface area (Å²) in [7, 11) is 1.65. The first kappa shape index (κ1) is 14.9. The van der Waals surface area contributed by atoms with E-state index in [4.69, 9.17) is 4.74 Å². The number of nitrogens with one attached hydrogen (secondary N) is 2. The molecule has 0 aliphatic carbocycles. The molecule has 0 radical (unpaired) electrons. The van der Waals surface area contributed by atoms with Gasteiger partial charge in [-0.15, -0.1) is 0 Å². The zero-order chi connectivity index (χ0) is 14.6. The maximum Gasteiger partial charge on any atom is 0.227 e. The molecule has 4 nitrogen and oxygen atoms in total. The molecule has 0 spiro atoms. The van der Waals surface area contributed by atoms with Crippen LogP contribution in [0.15, 0.2) is 24.3 Å². The van der Waals surface area contributed by atoms with Crippen molar-refractivity contribution >= 4 is 5.91 Å². The van der Waals surface area contributed by atoms with Crippen LogP contribution in [0.3, 0.4) is 0 Å². The van der Waals surface area contributed by atoms with Gasteiger partial charge in [0.25, 0.3) is 0 Å². The van der Waals surface area contributed by atoms with Crippen LogP contribution in [0.2, 0.25) is 0 Å². The van der Waals surface area contributed by atoms with E-state index in [0.29, 0.717) is 0 Å². The fourth-order valence-electron chi connectivity index (χ4n) is 2.60. The largest absolute Gasteiger partial charge is 0.497 e. The Morgan fingerprint density at radius 3 is 2.65 bits per heavy atom. The molecule has 1 aliphatic heterocycles. The molecule has 4 heteroatoms. The number of ether oxygens (including phenoxy) is 1. The average molecular weight is 276 g/mol. The van der Waals surface area contributed by atoms with Crippen LogP contribution < -0.4 is 15.4 Å². The third-order valence-corrected chi connectivity index (χ3v) is 4.15. The second-order valence-corrected chi connectivity index (χ2v) is 5.69. The molecule has 20 heavy (non-hydrogen) atoms. The Balaban J connectivity index is 2.06. The second-order valence-electron chi connectivity index (χ2n) is 5.69. The normalized spacial score (nSPS) is 23.4. The Kier molecular flexibility index (Phi) is 4.65. The van der Waals surface area contributed by atoms with Crippen LogP contribution in [0, 0.1) is 5.41 Å². The van der Waals surface area contributed by atoms with Gasteiger partial charge >= 0.3 is 0 Å². The number of methoxy groups -OCH3 is 1. The van der Waals surface area contributed by atoms with Crippen molar-refractivity contribution in [3.05, 3.63) is 29.8 Å². The summed E-state index contributed by atoms with van der Waals surface area (Å²) in [5.41, 5.74) is 0.844. The van der Waals surface area contributed by atoms with Gasteiger partial charge in [0.1, 0.15) is 5.75 Å². The van der Waals surface area contributed by atoms with Crippen molar-refractivity contribution in [2.75, 3.05) is 20.2 Å². The van der Waals surface area contributed by atoms with Gasteiger partial charge in [-0.05, 0) is 44.0 Å². The lowest BCUT2D eigenvalue weighted by Crippen LogP contribution is -2.42. The van der Waals surface area contributed by atoms with E-state index < -0.39 is 0 Å². The minimum atomic E-state index is -0.278. The molecule has 1 aromatic rings. The van der Waals surface area contributed by atoms with Crippen LogP contribution >= 0.6 is 0 Å². The van der Waals surface area contributed by atoms with Crippen molar-refractivity contribution < 1.29 is 9.53 Å². The quantitative estimate of drug-likeness (QED) is 0.867. The molecular weight excluding hydrogens is 252 g/mol. The summed E-state index contributed by atoms with van der Waals surface area (Å²) in [6.07, 6.45) is 1.78. The minimum Gasteiger partial charge on any atom is -0.497 e. The first-order valence-electron chi connectivity index (χ1n) is 7.24. The molecule has 110 valence electrons. The lowest BCUT2D eigenvalue weighted by atomic mass is 9.88. The van der Waals surface area contributed by atoms with Gasteiger partial charge in [-0.3, -0.25) is 4.79 Å². The molecule has 1 saturated heterocycles. The van der Waals surface area contributed by atoms with Crippen molar-refractivity contribution in [1.82, 2.24) is 10.6 Å². The Labute approximate surface area is 120 Å². The molecule has 2 rings (SSSR count). The van der Waals surface area contributed by atoms with Crippen molar-refractivity contribution in [1.29, 1.82) is 0 Å². The van der Waals surface area contributed by atoms with E-state index in [1.165, 1.54) is 0 Å². The number of carbonyl (C=O) groups excluding carboxylic acids is 1. The summed E-state index contributed by atoms with van der Waals surface area (Å²) < 4.78 is 5.17. The van der Waals surface area contributed by atoms with Crippen molar-refractivity contribution in [3.63, 3.8) is 0 Å². The van der Waals surface area contributed by atoms with Crippen molar-refractivity contribution in [3.8, 4) is 5.75 Å². The van der Waals surface area contributed by atoms with E-state index in [9.17, 15) is 4.79 Å². The standard InChI is InChI=1S/C16H24N2O2/c1-4-14(12-5-7-13(20-3)8-6-12)18-15(19)16(2)9-10-17-11-16/h5-8,14,17H,4,9-11H2,1-3H3,(H,18,19). The third-order valence-electron chi connectivity index (χ3n) is 4.15. The predicted molar refractivity (Wildman–Crippen MR) is 79.8 cm³/mol. The van der Waals surface area contributed by atoms with Crippen LogP contribution in [0.1, 0.15) is 38.3 Å². The molecule has 0 saturated carbocycles. The predicted octanol–water partition coefficient (Wildman–Crippen LogP) is 2.26. The van der Waals surface area contributed by atoms with E-state index >= 15 is 0 Å². The number of benzene rings is 1. The molecule has 1 amide bonds. The van der Waals surface area contributed by atoms with Crippen LogP contribution in [-0.2, 0) is 4.79 Å². The van der Waals surface area contributed by atoms with Gasteiger partial charge in [-0.2, -0.15) is 0 Å². The van der Waals surface area contributed by atoms with Crippen molar-refractivity contribution in [2.45, 2.75) is 32.7 Å². The van der Waals surface area contributed by atoms with Gasteiger partial charge in [0, 0.05) is 6.54 Å². The van der Waals surface area contributed by atoms with Gasteiger partial charge in [-0.1, -0.05) is 19.1 Å². The second kappa shape index (κ2) is 6.27. The van der Waals surface area contributed by atoms with E-state index in [2.05, 4.69) is 17.6 Å². The molecule has 1 fully saturated rings. The third kappa shape index (κ3) is 3.12. The molecule has 0 aromatic heterocycles. The van der Waals surface area contributed by atoms with Gasteiger partial charge < -0.3 is 15.4 Å². The first-order valence-corrected chi connectivity index (χ1v) is 7.24. The van der Waals surface area contributed by atoms with Crippen LogP contribution in [0.5, 0.6) is 5.75 Å². The number of amides is 1. The van der Waals surface area contributed by atoms with E-state index in [-0.39, 0.29) is 17.4 Å². The number of carbonyl (C=O) groups is 1. The molecule has 1 aromatic carbocycles. The highest BCUT2D eigenvalue weighted by Crippen LogP contribution is 2.27. The fraction of sp³-hybridized carbons (Fsp3) is 0.562. The van der Waals surface area contributed by atoms with Gasteiger partial charge in [0.15, 0.2) is 0 Å². The minimum absolute atomic E-state index is 0.0610. The molecule has 2 atom stereocenters. The Morgan fingerprint density at radius 2 is 2.15 bits per heavy atom. The topological polar surface area (TPSA) is 50.4 Å². The highest BCUT2D eigenvalue weighted by Gasteiger charge is 2.37. The van der Waals surface area contributed by atoms with Gasteiger partial charge in [0.05, 0.1) is 18.6 Å². The summed E-state index contributed by atoms with van der Waals surface area (Å²) in [6.45, 7) is 5.80.